The standard InChI is InChI=1S/C10H12Br2N2O2S/c1-3-16-10(15)7(12)6(11)8-9(17-2)14-5-4-13-8/h4-7H,3H2,1-2H3. The third-order valence-electron chi connectivity index (χ3n) is 1.91. The largest absolute Gasteiger partial charge is 0.465 e. The molecular weight excluding hydrogens is 372 g/mol. The number of nitrogens with zero attached hydrogens (tertiary/aromatic N) is 2. The van der Waals surface area contributed by atoms with E-state index in [1.165, 1.54) is 11.8 Å². The van der Waals surface area contributed by atoms with Crippen LogP contribution in [0.15, 0.2) is 17.4 Å². The van der Waals surface area contributed by atoms with Crippen molar-refractivity contribution in [3.8, 4) is 0 Å². The number of alkyl halides is 2. The van der Waals surface area contributed by atoms with Crippen LogP contribution in [0.4, 0.5) is 0 Å². The lowest BCUT2D eigenvalue weighted by Gasteiger charge is -2.16. The lowest BCUT2D eigenvalue weighted by atomic mass is 10.2. The number of hydrogen-bond donors (Lipinski definition) is 0. The third-order valence-corrected chi connectivity index (χ3v) is 5.19. The molecule has 1 heterocycles. The maximum atomic E-state index is 11.6. The second-order valence-corrected chi connectivity index (χ2v) is 5.77. The molecule has 0 aliphatic rings. The summed E-state index contributed by atoms with van der Waals surface area (Å²) in [5, 5.41) is 0.795. The van der Waals surface area contributed by atoms with E-state index in [9.17, 15) is 4.79 Å². The Balaban J connectivity index is 2.88. The van der Waals surface area contributed by atoms with Crippen molar-refractivity contribution in [1.29, 1.82) is 0 Å². The predicted octanol–water partition coefficient (Wildman–Crippen LogP) is 2.96. The first kappa shape index (κ1) is 14.9. The number of thioether (sulfide) groups is 1. The van der Waals surface area contributed by atoms with Gasteiger partial charge in [-0.05, 0) is 13.2 Å². The highest BCUT2D eigenvalue weighted by atomic mass is 79.9. The smallest absolute Gasteiger partial charge is 0.321 e. The lowest BCUT2D eigenvalue weighted by molar-refractivity contribution is -0.142. The summed E-state index contributed by atoms with van der Waals surface area (Å²) in [6.07, 6.45) is 5.15. The molecule has 2 unspecified atom stereocenters. The van der Waals surface area contributed by atoms with Gasteiger partial charge in [-0.2, -0.15) is 0 Å². The Kier molecular flexibility index (Phi) is 6.43. The second kappa shape index (κ2) is 7.33. The van der Waals surface area contributed by atoms with Crippen molar-refractivity contribution in [1.82, 2.24) is 9.97 Å². The Morgan fingerprint density at radius 1 is 1.47 bits per heavy atom. The number of rotatable bonds is 5. The quantitative estimate of drug-likeness (QED) is 0.444. The molecule has 0 spiro atoms. The second-order valence-electron chi connectivity index (χ2n) is 3.01. The van der Waals surface area contributed by atoms with Crippen molar-refractivity contribution < 1.29 is 9.53 Å². The summed E-state index contributed by atoms with van der Waals surface area (Å²) in [5.41, 5.74) is 0.731. The Bertz CT molecular complexity index is 392. The lowest BCUT2D eigenvalue weighted by Crippen LogP contribution is -2.22. The van der Waals surface area contributed by atoms with E-state index in [2.05, 4.69) is 41.8 Å². The van der Waals surface area contributed by atoms with Crippen molar-refractivity contribution in [2.24, 2.45) is 0 Å². The molecule has 17 heavy (non-hydrogen) atoms. The number of esters is 1. The maximum Gasteiger partial charge on any atom is 0.321 e. The monoisotopic (exact) mass is 382 g/mol. The number of ether oxygens (including phenoxy) is 1. The molecule has 0 bridgehead atoms. The SMILES string of the molecule is CCOC(=O)C(Br)C(Br)c1nccnc1SC. The molecule has 0 amide bonds. The van der Waals surface area contributed by atoms with E-state index in [1.807, 2.05) is 6.26 Å². The van der Waals surface area contributed by atoms with Crippen molar-refractivity contribution >= 4 is 49.6 Å². The van der Waals surface area contributed by atoms with Crippen molar-refractivity contribution in [3.63, 3.8) is 0 Å². The zero-order chi connectivity index (χ0) is 12.8. The van der Waals surface area contributed by atoms with E-state index >= 15 is 0 Å². The summed E-state index contributed by atoms with van der Waals surface area (Å²) in [6.45, 7) is 2.13. The van der Waals surface area contributed by atoms with E-state index in [-0.39, 0.29) is 10.8 Å². The zero-order valence-corrected chi connectivity index (χ0v) is 13.4. The van der Waals surface area contributed by atoms with Crippen molar-refractivity contribution in [2.75, 3.05) is 12.9 Å². The third kappa shape index (κ3) is 3.93. The summed E-state index contributed by atoms with van der Waals surface area (Å²) in [4.78, 5) is 19.3. The van der Waals surface area contributed by atoms with Gasteiger partial charge in [0.2, 0.25) is 0 Å². The number of carbonyl (C=O) groups excluding carboxylic acids is 1. The maximum absolute atomic E-state index is 11.6. The normalized spacial score (nSPS) is 14.1. The van der Waals surface area contributed by atoms with Gasteiger partial charge in [0.15, 0.2) is 0 Å². The van der Waals surface area contributed by atoms with Gasteiger partial charge in [0.1, 0.15) is 9.85 Å². The van der Waals surface area contributed by atoms with E-state index < -0.39 is 4.83 Å². The Morgan fingerprint density at radius 3 is 2.71 bits per heavy atom. The first-order chi connectivity index (χ1) is 8.11. The molecule has 1 aromatic heterocycles. The highest BCUT2D eigenvalue weighted by molar-refractivity contribution is 9.12. The summed E-state index contributed by atoms with van der Waals surface area (Å²) < 4.78 is 4.95. The Labute approximate surface area is 121 Å². The molecule has 0 N–H and O–H groups in total. The van der Waals surface area contributed by atoms with Crippen LogP contribution >= 0.6 is 43.6 Å². The molecule has 0 radical (unpaired) electrons. The van der Waals surface area contributed by atoms with Crippen LogP contribution in [0.25, 0.3) is 0 Å². The fraction of sp³-hybridized carbons (Fsp3) is 0.500. The molecule has 0 aromatic carbocycles. The Morgan fingerprint density at radius 2 is 2.12 bits per heavy atom. The molecular formula is C10H12Br2N2O2S. The molecule has 1 rings (SSSR count). The van der Waals surface area contributed by atoms with Gasteiger partial charge in [-0.3, -0.25) is 9.78 Å². The Hall–Kier alpha value is -0.140. The predicted molar refractivity (Wildman–Crippen MR) is 74.8 cm³/mol. The van der Waals surface area contributed by atoms with Crippen LogP contribution in [0.1, 0.15) is 17.4 Å². The van der Waals surface area contributed by atoms with Crippen LogP contribution < -0.4 is 0 Å². The number of halogens is 2. The van der Waals surface area contributed by atoms with Crippen LogP contribution in [-0.2, 0) is 9.53 Å². The first-order valence-corrected chi connectivity index (χ1v) is 7.97. The van der Waals surface area contributed by atoms with Crippen LogP contribution in [0.3, 0.4) is 0 Å². The van der Waals surface area contributed by atoms with E-state index in [0.29, 0.717) is 6.61 Å². The minimum atomic E-state index is -0.481. The minimum absolute atomic E-state index is 0.266. The van der Waals surface area contributed by atoms with Gasteiger partial charge in [-0.25, -0.2) is 4.98 Å². The molecule has 4 nitrogen and oxygen atoms in total. The van der Waals surface area contributed by atoms with Crippen LogP contribution in [0.5, 0.6) is 0 Å². The van der Waals surface area contributed by atoms with Crippen LogP contribution in [0, 0.1) is 0 Å². The number of aromatic nitrogens is 2. The molecule has 0 aliphatic heterocycles. The highest BCUT2D eigenvalue weighted by Crippen LogP contribution is 2.34. The molecule has 2 atom stereocenters. The molecule has 0 fully saturated rings. The molecule has 94 valence electrons. The zero-order valence-electron chi connectivity index (χ0n) is 9.39. The average molecular weight is 384 g/mol. The van der Waals surface area contributed by atoms with Gasteiger partial charge < -0.3 is 4.74 Å². The summed E-state index contributed by atoms with van der Waals surface area (Å²) in [5.74, 6) is -0.313. The molecule has 7 heteroatoms. The summed E-state index contributed by atoms with van der Waals surface area (Å²) in [6, 6.07) is 0. The minimum Gasteiger partial charge on any atom is -0.465 e. The first-order valence-electron chi connectivity index (χ1n) is 4.91. The summed E-state index contributed by atoms with van der Waals surface area (Å²) >= 11 is 8.25. The highest BCUT2D eigenvalue weighted by Gasteiger charge is 2.29. The van der Waals surface area contributed by atoms with Gasteiger partial charge in [-0.15, -0.1) is 11.8 Å². The fourth-order valence-corrected chi connectivity index (χ4v) is 2.80. The molecule has 1 aromatic rings. The number of carbonyl (C=O) groups is 1. The number of hydrogen-bond acceptors (Lipinski definition) is 5. The average Bonchev–Trinajstić information content (AvgIpc) is 2.37. The van der Waals surface area contributed by atoms with E-state index in [0.717, 1.165) is 10.7 Å². The topological polar surface area (TPSA) is 52.1 Å². The fourth-order valence-electron chi connectivity index (χ4n) is 1.16. The molecule has 0 saturated heterocycles. The van der Waals surface area contributed by atoms with Gasteiger partial charge in [0, 0.05) is 12.4 Å². The van der Waals surface area contributed by atoms with Crippen LogP contribution in [0.2, 0.25) is 0 Å². The van der Waals surface area contributed by atoms with E-state index in [1.54, 1.807) is 19.3 Å². The van der Waals surface area contributed by atoms with E-state index in [4.69, 9.17) is 4.74 Å². The molecule has 0 aliphatic carbocycles. The van der Waals surface area contributed by atoms with Gasteiger partial charge in [0.25, 0.3) is 0 Å². The van der Waals surface area contributed by atoms with Crippen molar-refractivity contribution in [3.05, 3.63) is 18.1 Å². The summed E-state index contributed by atoms with van der Waals surface area (Å²) in [7, 11) is 0. The molecule has 0 saturated carbocycles. The van der Waals surface area contributed by atoms with Crippen molar-refractivity contribution in [2.45, 2.75) is 21.6 Å². The van der Waals surface area contributed by atoms with Gasteiger partial charge in [0.05, 0.1) is 17.1 Å². The van der Waals surface area contributed by atoms with Crippen LogP contribution in [-0.4, -0.2) is 33.6 Å². The van der Waals surface area contributed by atoms with Gasteiger partial charge in [-0.1, -0.05) is 31.9 Å². The van der Waals surface area contributed by atoms with Gasteiger partial charge >= 0.3 is 5.97 Å².